The number of hydrogen-bond acceptors (Lipinski definition) is 7. The van der Waals surface area contributed by atoms with E-state index in [0.717, 1.165) is 31.1 Å². The Labute approximate surface area is 282 Å². The molecule has 0 saturated carbocycles. The zero-order valence-corrected chi connectivity index (χ0v) is 27.3. The molecule has 49 heavy (non-hydrogen) atoms. The van der Waals surface area contributed by atoms with E-state index in [1.54, 1.807) is 41.3 Å². The lowest BCUT2D eigenvalue weighted by atomic mass is 9.91. The van der Waals surface area contributed by atoms with E-state index in [2.05, 4.69) is 4.90 Å². The molecule has 4 aromatic rings. The highest BCUT2D eigenvalue weighted by atomic mass is 19.4. The molecule has 10 nitrogen and oxygen atoms in total. The Morgan fingerprint density at radius 3 is 2.35 bits per heavy atom. The van der Waals surface area contributed by atoms with Crippen molar-refractivity contribution in [2.24, 2.45) is 0 Å². The number of rotatable bonds is 9. The van der Waals surface area contributed by atoms with Crippen LogP contribution in [-0.2, 0) is 12.1 Å². The fraction of sp³-hybridized carbons (Fsp3) is 0.417. The number of benzene rings is 3. The van der Waals surface area contributed by atoms with Gasteiger partial charge in [-0.3, -0.25) is 19.8 Å². The fourth-order valence-electron chi connectivity index (χ4n) is 6.77. The molecule has 13 heteroatoms. The van der Waals surface area contributed by atoms with Crippen molar-refractivity contribution in [2.75, 3.05) is 52.9 Å². The highest BCUT2D eigenvalue weighted by Crippen LogP contribution is 2.44. The van der Waals surface area contributed by atoms with Crippen LogP contribution in [0.15, 0.2) is 79.0 Å². The van der Waals surface area contributed by atoms with Gasteiger partial charge in [0.05, 0.1) is 10.4 Å². The van der Waals surface area contributed by atoms with E-state index in [4.69, 9.17) is 4.74 Å². The van der Waals surface area contributed by atoms with Gasteiger partial charge in [-0.2, -0.15) is 13.2 Å². The lowest BCUT2D eigenvalue weighted by molar-refractivity contribution is -0.384. The first-order valence-corrected chi connectivity index (χ1v) is 16.5. The van der Waals surface area contributed by atoms with Gasteiger partial charge in [0, 0.05) is 80.7 Å². The van der Waals surface area contributed by atoms with E-state index in [1.165, 1.54) is 22.9 Å². The van der Waals surface area contributed by atoms with Crippen LogP contribution in [0.2, 0.25) is 0 Å². The second-order valence-corrected chi connectivity index (χ2v) is 13.0. The Bertz CT molecular complexity index is 1770. The third kappa shape index (κ3) is 7.58. The Morgan fingerprint density at radius 2 is 1.67 bits per heavy atom. The van der Waals surface area contributed by atoms with Crippen molar-refractivity contribution in [1.82, 2.24) is 19.3 Å². The van der Waals surface area contributed by atoms with Crippen LogP contribution >= 0.6 is 0 Å². The number of ether oxygens (including phenoxy) is 1. The molecule has 3 heterocycles. The van der Waals surface area contributed by atoms with E-state index >= 15 is 0 Å². The smallest absolute Gasteiger partial charge is 0.422 e. The van der Waals surface area contributed by atoms with Gasteiger partial charge in [0.2, 0.25) is 5.60 Å². The molecule has 1 amide bonds. The molecule has 0 bridgehead atoms. The monoisotopic (exact) mass is 679 g/mol. The van der Waals surface area contributed by atoms with Crippen LogP contribution in [0.4, 0.5) is 18.9 Å². The number of β-amino-alcohol motifs (C(OH)–C–C–N with tert-alkyl or cyclic N) is 1. The second-order valence-electron chi connectivity index (χ2n) is 13.0. The number of carbonyl (C=O) groups is 1. The van der Waals surface area contributed by atoms with Crippen molar-refractivity contribution in [3.63, 3.8) is 0 Å². The molecule has 1 atom stereocenters. The van der Waals surface area contributed by atoms with Gasteiger partial charge in [-0.25, -0.2) is 0 Å². The molecule has 1 N–H and O–H groups in total. The summed E-state index contributed by atoms with van der Waals surface area (Å²) in [6.07, 6.45) is -2.20. The summed E-state index contributed by atoms with van der Waals surface area (Å²) in [5, 5.41) is 23.2. The minimum atomic E-state index is -5.03. The van der Waals surface area contributed by atoms with E-state index in [1.807, 2.05) is 30.1 Å². The largest absolute Gasteiger partial charge is 0.490 e. The van der Waals surface area contributed by atoms with Crippen LogP contribution in [0.3, 0.4) is 0 Å². The molecule has 3 aromatic carbocycles. The predicted octanol–water partition coefficient (Wildman–Crippen LogP) is 5.67. The summed E-state index contributed by atoms with van der Waals surface area (Å²) in [6.45, 7) is 3.16. The van der Waals surface area contributed by atoms with Crippen molar-refractivity contribution < 1.29 is 32.7 Å². The summed E-state index contributed by atoms with van der Waals surface area (Å²) in [5.74, 6) is 0.562. The molecular weight excluding hydrogens is 639 g/mol. The maximum absolute atomic E-state index is 14.9. The molecule has 2 aliphatic heterocycles. The van der Waals surface area contributed by atoms with Gasteiger partial charge in [-0.15, -0.1) is 0 Å². The summed E-state index contributed by atoms with van der Waals surface area (Å²) >= 11 is 0. The maximum Gasteiger partial charge on any atom is 0.422 e. The number of halogens is 3. The number of nitro groups is 1. The fourth-order valence-corrected chi connectivity index (χ4v) is 6.77. The van der Waals surface area contributed by atoms with Crippen LogP contribution in [-0.4, -0.2) is 100 Å². The predicted molar refractivity (Wildman–Crippen MR) is 179 cm³/mol. The highest BCUT2D eigenvalue weighted by Gasteiger charge is 2.57. The summed E-state index contributed by atoms with van der Waals surface area (Å²) in [5.41, 5.74) is -2.23. The Hall–Kier alpha value is -4.46. The van der Waals surface area contributed by atoms with Gasteiger partial charge in [-0.05, 0) is 68.8 Å². The van der Waals surface area contributed by atoms with Gasteiger partial charge < -0.3 is 24.2 Å². The molecule has 2 saturated heterocycles. The molecule has 1 aromatic heterocycles. The highest BCUT2D eigenvalue weighted by molar-refractivity contribution is 5.94. The summed E-state index contributed by atoms with van der Waals surface area (Å²) in [6, 6.07) is 19.7. The number of alkyl halides is 3. The Balaban J connectivity index is 1.15. The number of likely N-dealkylation sites (N-methyl/N-ethyl adjacent to an activating group) is 1. The second kappa shape index (κ2) is 14.2. The molecule has 2 aliphatic rings. The lowest BCUT2D eigenvalue weighted by Gasteiger charge is -2.39. The van der Waals surface area contributed by atoms with E-state index in [0.29, 0.717) is 37.2 Å². The lowest BCUT2D eigenvalue weighted by Crippen LogP contribution is -2.53. The van der Waals surface area contributed by atoms with Crippen molar-refractivity contribution in [1.29, 1.82) is 0 Å². The number of non-ortho nitro benzene ring substituents is 1. The quantitative estimate of drug-likeness (QED) is 0.180. The number of aromatic nitrogens is 1. The van der Waals surface area contributed by atoms with Crippen molar-refractivity contribution >= 4 is 22.5 Å². The number of aliphatic hydroxyl groups is 1. The SMILES string of the molecule is CN1CCCN(C(=O)c2ccc(OC3CCN(CC(O)(c4cn(Cc5ccccc5)c5cc([N+](=O)[O-])ccc45)C(F)(F)F)CC3)cc2)CC1. The van der Waals surface area contributed by atoms with Crippen molar-refractivity contribution in [3.8, 4) is 5.75 Å². The van der Waals surface area contributed by atoms with Gasteiger partial charge in [0.15, 0.2) is 0 Å². The third-order valence-corrected chi connectivity index (χ3v) is 9.58. The molecular formula is C36H40F3N5O5. The van der Waals surface area contributed by atoms with E-state index in [9.17, 15) is 33.2 Å². The average molecular weight is 680 g/mol. The number of piperidine rings is 1. The minimum Gasteiger partial charge on any atom is -0.490 e. The first-order chi connectivity index (χ1) is 23.4. The van der Waals surface area contributed by atoms with Gasteiger partial charge in [0.25, 0.3) is 11.6 Å². The number of amides is 1. The number of likely N-dealkylation sites (tertiary alicyclic amines) is 1. The molecule has 1 unspecified atom stereocenters. The van der Waals surface area contributed by atoms with Crippen LogP contribution in [0.25, 0.3) is 10.9 Å². The maximum atomic E-state index is 14.9. The molecule has 6 rings (SSSR count). The summed E-state index contributed by atoms with van der Waals surface area (Å²) < 4.78 is 52.3. The number of fused-ring (bicyclic) bond motifs is 1. The van der Waals surface area contributed by atoms with Crippen molar-refractivity contribution in [3.05, 3.63) is 106 Å². The zero-order chi connectivity index (χ0) is 34.8. The Kier molecular flexibility index (Phi) is 9.96. The molecule has 0 spiro atoms. The van der Waals surface area contributed by atoms with Crippen LogP contribution in [0.1, 0.15) is 40.7 Å². The van der Waals surface area contributed by atoms with Crippen LogP contribution < -0.4 is 4.74 Å². The van der Waals surface area contributed by atoms with Crippen LogP contribution in [0.5, 0.6) is 5.75 Å². The van der Waals surface area contributed by atoms with Gasteiger partial charge in [0.1, 0.15) is 11.9 Å². The van der Waals surface area contributed by atoms with E-state index in [-0.39, 0.29) is 53.8 Å². The number of nitrogens with zero attached hydrogens (tertiary/aromatic N) is 5. The average Bonchev–Trinajstić information content (AvgIpc) is 3.30. The van der Waals surface area contributed by atoms with Crippen molar-refractivity contribution in [2.45, 2.75) is 43.7 Å². The van der Waals surface area contributed by atoms with Gasteiger partial charge in [-0.1, -0.05) is 30.3 Å². The number of nitro benzene ring substituents is 1. The van der Waals surface area contributed by atoms with Crippen LogP contribution in [0, 0.1) is 10.1 Å². The summed E-state index contributed by atoms with van der Waals surface area (Å²) in [4.78, 5) is 29.6. The first-order valence-electron chi connectivity index (χ1n) is 16.5. The Morgan fingerprint density at radius 1 is 0.959 bits per heavy atom. The molecule has 260 valence electrons. The first kappa shape index (κ1) is 34.4. The standard InChI is InChI=1S/C36H40F3N5O5/c1-40-16-5-17-42(21-20-40)34(45)27-8-11-29(12-9-27)49-30-14-18-41(19-15-30)25-35(46,36(37,38)39)32-24-43(23-26-6-3-2-4-7-26)33-22-28(44(47)48)10-13-31(32)33/h2-4,6-13,22,24,30,46H,5,14-21,23,25H2,1H3. The topological polar surface area (TPSA) is 104 Å². The number of carbonyl (C=O) groups excluding carboxylic acids is 1. The number of hydrogen-bond donors (Lipinski definition) is 1. The normalized spacial score (nSPS) is 18.3. The zero-order valence-electron chi connectivity index (χ0n) is 27.3. The third-order valence-electron chi connectivity index (χ3n) is 9.58. The molecule has 2 fully saturated rings. The van der Waals surface area contributed by atoms with Gasteiger partial charge >= 0.3 is 6.18 Å². The molecule has 0 radical (unpaired) electrons. The van der Waals surface area contributed by atoms with E-state index < -0.39 is 23.2 Å². The minimum absolute atomic E-state index is 0.0197. The molecule has 0 aliphatic carbocycles. The summed E-state index contributed by atoms with van der Waals surface area (Å²) in [7, 11) is 2.05.